The summed E-state index contributed by atoms with van der Waals surface area (Å²) in [5.41, 5.74) is 1.43. The second kappa shape index (κ2) is 12.5. The van der Waals surface area contributed by atoms with Crippen molar-refractivity contribution in [1.29, 1.82) is 0 Å². The summed E-state index contributed by atoms with van der Waals surface area (Å²) in [7, 11) is 0. The lowest BCUT2D eigenvalue weighted by Gasteiger charge is -2.29. The molecule has 4 amide bonds. The van der Waals surface area contributed by atoms with Crippen LogP contribution in [-0.4, -0.2) is 70.2 Å². The third-order valence-electron chi connectivity index (χ3n) is 8.09. The summed E-state index contributed by atoms with van der Waals surface area (Å²) in [5.74, 6) is -6.91. The van der Waals surface area contributed by atoms with Crippen molar-refractivity contribution in [2.75, 3.05) is 13.1 Å². The van der Waals surface area contributed by atoms with Crippen molar-refractivity contribution in [2.45, 2.75) is 44.3 Å². The molecule has 228 valence electrons. The number of benzene rings is 2. The standard InChI is InChI=1S/C30H32F3N5O5/c31-30(32,33)20-14-24(38(16-20)29(43)23-13-18-8-4-5-9-22(18)36-23)37-27(41)21(12-19-10-11-34-26(19)40)25(39)28(42)35-15-17-6-2-1-3-7-17/h1-9,13,19-21,24-25,36,39H,10-12,14-16H2,(H,34,40)(H,35,42)(H,37,41)/t19-,20-,21+,24+,25?/m1/s1. The van der Waals surface area contributed by atoms with Crippen LogP contribution in [0.15, 0.2) is 60.7 Å². The van der Waals surface area contributed by atoms with Gasteiger partial charge in [-0.2, -0.15) is 13.2 Å². The van der Waals surface area contributed by atoms with Gasteiger partial charge in [0.2, 0.25) is 17.7 Å². The van der Waals surface area contributed by atoms with Gasteiger partial charge in [0.25, 0.3) is 5.91 Å². The SMILES string of the molecule is O=C(NCc1ccccc1)C(O)[C@H](C[C@H]1CCNC1=O)C(=O)N[C@@H]1C[C@@H](C(F)(F)F)CN1C(=O)c1cc2ccccc2[nH]1. The van der Waals surface area contributed by atoms with Gasteiger partial charge < -0.3 is 30.9 Å². The maximum atomic E-state index is 13.8. The molecule has 3 aromatic rings. The van der Waals surface area contributed by atoms with Crippen LogP contribution in [0.2, 0.25) is 0 Å². The predicted octanol–water partition coefficient (Wildman–Crippen LogP) is 2.45. The Bertz CT molecular complexity index is 1460. The minimum Gasteiger partial charge on any atom is -0.382 e. The molecule has 1 unspecified atom stereocenters. The van der Waals surface area contributed by atoms with Gasteiger partial charge in [-0.25, -0.2) is 0 Å². The molecule has 0 radical (unpaired) electrons. The number of halogens is 3. The fourth-order valence-electron chi connectivity index (χ4n) is 5.68. The number of fused-ring (bicyclic) bond motifs is 1. The number of carbonyl (C=O) groups excluding carboxylic acids is 4. The Morgan fingerprint density at radius 2 is 1.77 bits per heavy atom. The number of hydrogen-bond acceptors (Lipinski definition) is 5. The molecule has 10 nitrogen and oxygen atoms in total. The van der Waals surface area contributed by atoms with Crippen molar-refractivity contribution >= 4 is 34.5 Å². The van der Waals surface area contributed by atoms with E-state index in [0.717, 1.165) is 10.5 Å². The van der Waals surface area contributed by atoms with Gasteiger partial charge in [-0.15, -0.1) is 0 Å². The molecule has 2 aliphatic heterocycles. The lowest BCUT2D eigenvalue weighted by molar-refractivity contribution is -0.170. The first-order valence-corrected chi connectivity index (χ1v) is 14.0. The van der Waals surface area contributed by atoms with Crippen LogP contribution < -0.4 is 16.0 Å². The van der Waals surface area contributed by atoms with E-state index in [-0.39, 0.29) is 24.6 Å². The quantitative estimate of drug-likeness (QED) is 0.257. The Kier molecular flexibility index (Phi) is 8.71. The van der Waals surface area contributed by atoms with Crippen LogP contribution in [0, 0.1) is 17.8 Å². The van der Waals surface area contributed by atoms with Gasteiger partial charge in [0.1, 0.15) is 18.0 Å². The van der Waals surface area contributed by atoms with Crippen molar-refractivity contribution in [1.82, 2.24) is 25.8 Å². The van der Waals surface area contributed by atoms with Gasteiger partial charge in [0.05, 0.1) is 11.8 Å². The molecule has 0 saturated carbocycles. The van der Waals surface area contributed by atoms with Gasteiger partial charge in [0, 0.05) is 36.5 Å². The number of aliphatic hydroxyl groups is 1. The highest BCUT2D eigenvalue weighted by Gasteiger charge is 2.50. The molecule has 0 bridgehead atoms. The molecule has 0 spiro atoms. The van der Waals surface area contributed by atoms with Crippen molar-refractivity contribution in [3.8, 4) is 0 Å². The fourth-order valence-corrected chi connectivity index (χ4v) is 5.68. The number of amides is 4. The topological polar surface area (TPSA) is 144 Å². The monoisotopic (exact) mass is 599 g/mol. The number of carbonyl (C=O) groups is 4. The van der Waals surface area contributed by atoms with Crippen LogP contribution in [0.5, 0.6) is 0 Å². The molecule has 2 aliphatic rings. The second-order valence-corrected chi connectivity index (χ2v) is 11.0. The molecule has 1 aromatic heterocycles. The number of nitrogens with zero attached hydrogens (tertiary/aromatic N) is 1. The number of rotatable bonds is 9. The fraction of sp³-hybridized carbons (Fsp3) is 0.400. The largest absolute Gasteiger partial charge is 0.393 e. The number of aromatic amines is 1. The Labute approximate surface area is 245 Å². The molecule has 13 heteroatoms. The summed E-state index contributed by atoms with van der Waals surface area (Å²) in [6, 6.07) is 17.4. The molecule has 5 rings (SSSR count). The predicted molar refractivity (Wildman–Crippen MR) is 149 cm³/mol. The molecule has 2 saturated heterocycles. The van der Waals surface area contributed by atoms with E-state index in [1.807, 2.05) is 0 Å². The molecule has 2 fully saturated rings. The molecule has 5 N–H and O–H groups in total. The van der Waals surface area contributed by atoms with Crippen LogP contribution >= 0.6 is 0 Å². The van der Waals surface area contributed by atoms with Crippen LogP contribution in [0.1, 0.15) is 35.3 Å². The first-order valence-electron chi connectivity index (χ1n) is 14.0. The Balaban J connectivity index is 1.36. The lowest BCUT2D eigenvalue weighted by atomic mass is 9.88. The summed E-state index contributed by atoms with van der Waals surface area (Å²) in [6.07, 6.45) is -8.33. The van der Waals surface area contributed by atoms with Crippen molar-refractivity contribution in [3.63, 3.8) is 0 Å². The van der Waals surface area contributed by atoms with E-state index in [4.69, 9.17) is 0 Å². The summed E-state index contributed by atoms with van der Waals surface area (Å²) >= 11 is 0. The molecule has 3 heterocycles. The number of nitrogens with one attached hydrogen (secondary N) is 4. The molecule has 5 atom stereocenters. The molecule has 0 aliphatic carbocycles. The average Bonchev–Trinajstić information content (AvgIpc) is 3.72. The minimum atomic E-state index is -4.63. The van der Waals surface area contributed by atoms with Crippen molar-refractivity contribution < 1.29 is 37.5 Å². The van der Waals surface area contributed by atoms with Gasteiger partial charge in [-0.05, 0) is 37.0 Å². The van der Waals surface area contributed by atoms with Gasteiger partial charge in [-0.1, -0.05) is 48.5 Å². The van der Waals surface area contributed by atoms with E-state index < -0.39 is 66.9 Å². The Hall–Kier alpha value is -4.39. The number of para-hydroxylation sites is 1. The van der Waals surface area contributed by atoms with Crippen LogP contribution in [0.25, 0.3) is 10.9 Å². The maximum Gasteiger partial charge on any atom is 0.393 e. The number of H-pyrrole nitrogens is 1. The van der Waals surface area contributed by atoms with Gasteiger partial charge in [0.15, 0.2) is 0 Å². The van der Waals surface area contributed by atoms with E-state index in [1.165, 1.54) is 6.07 Å². The summed E-state index contributed by atoms with van der Waals surface area (Å²) in [5, 5.41) is 19.4. The van der Waals surface area contributed by atoms with Crippen LogP contribution in [0.3, 0.4) is 0 Å². The number of likely N-dealkylation sites (tertiary alicyclic amines) is 1. The second-order valence-electron chi connectivity index (χ2n) is 11.0. The Morgan fingerprint density at radius 1 is 1.05 bits per heavy atom. The van der Waals surface area contributed by atoms with E-state index in [0.29, 0.717) is 23.9 Å². The van der Waals surface area contributed by atoms with E-state index in [1.54, 1.807) is 54.6 Å². The van der Waals surface area contributed by atoms with Gasteiger partial charge in [-0.3, -0.25) is 19.2 Å². The number of alkyl halides is 3. The molecule has 43 heavy (non-hydrogen) atoms. The highest BCUT2D eigenvalue weighted by Crippen LogP contribution is 2.37. The third kappa shape index (κ3) is 6.82. The maximum absolute atomic E-state index is 13.8. The molecular formula is C30H32F3N5O5. The van der Waals surface area contributed by atoms with E-state index in [9.17, 15) is 37.5 Å². The van der Waals surface area contributed by atoms with E-state index in [2.05, 4.69) is 20.9 Å². The number of aromatic nitrogens is 1. The molecule has 2 aromatic carbocycles. The highest BCUT2D eigenvalue weighted by molar-refractivity contribution is 5.98. The zero-order valence-electron chi connectivity index (χ0n) is 23.1. The van der Waals surface area contributed by atoms with Gasteiger partial charge >= 0.3 is 6.18 Å². The highest BCUT2D eigenvalue weighted by atomic mass is 19.4. The number of aliphatic hydroxyl groups excluding tert-OH is 1. The first-order chi connectivity index (χ1) is 20.5. The smallest absolute Gasteiger partial charge is 0.382 e. The van der Waals surface area contributed by atoms with E-state index >= 15 is 0 Å². The van der Waals surface area contributed by atoms with Crippen LogP contribution in [-0.2, 0) is 20.9 Å². The summed E-state index contributed by atoms with van der Waals surface area (Å²) in [4.78, 5) is 56.1. The van der Waals surface area contributed by atoms with Crippen molar-refractivity contribution in [2.24, 2.45) is 17.8 Å². The zero-order valence-corrected chi connectivity index (χ0v) is 23.1. The average molecular weight is 600 g/mol. The zero-order chi connectivity index (χ0) is 30.7. The first kappa shape index (κ1) is 30.1. The summed E-state index contributed by atoms with van der Waals surface area (Å²) < 4.78 is 41.4. The normalized spacial score (nSPS) is 21.8. The van der Waals surface area contributed by atoms with Crippen molar-refractivity contribution in [3.05, 3.63) is 71.9 Å². The third-order valence-corrected chi connectivity index (χ3v) is 8.09. The Morgan fingerprint density at radius 3 is 2.44 bits per heavy atom. The minimum absolute atomic E-state index is 0.0581. The number of hydrogen-bond donors (Lipinski definition) is 5. The summed E-state index contributed by atoms with van der Waals surface area (Å²) in [6.45, 7) is -0.257. The molecular weight excluding hydrogens is 567 g/mol. The van der Waals surface area contributed by atoms with Crippen LogP contribution in [0.4, 0.5) is 13.2 Å². The lowest BCUT2D eigenvalue weighted by Crippen LogP contribution is -2.52.